The minimum Gasteiger partial charge on any atom is -0.484 e. The van der Waals surface area contributed by atoms with E-state index in [1.54, 1.807) is 4.90 Å². The van der Waals surface area contributed by atoms with Gasteiger partial charge in [-0.1, -0.05) is 68.8 Å². The Balaban J connectivity index is 2.14. The van der Waals surface area contributed by atoms with Crippen molar-refractivity contribution in [1.29, 1.82) is 0 Å². The number of nitrogens with zero attached hydrogens (tertiary/aromatic N) is 1. The molecule has 0 aromatic heterocycles. The standard InChI is InChI=1S/C24H32N2O3/c1-5-22(24(28)25-15-18(2)3)26(16-20-9-7-6-8-10-20)23(27)17-29-21-13-11-19(4)12-14-21/h6-14,18,22H,5,15-17H2,1-4H3,(H,25,28)/t22-/m0/s1. The van der Waals surface area contributed by atoms with Crippen LogP contribution in [-0.4, -0.2) is 35.9 Å². The van der Waals surface area contributed by atoms with Crippen LogP contribution in [-0.2, 0) is 16.1 Å². The lowest BCUT2D eigenvalue weighted by Crippen LogP contribution is -2.50. The zero-order chi connectivity index (χ0) is 21.2. The Morgan fingerprint density at radius 3 is 2.28 bits per heavy atom. The second-order valence-corrected chi connectivity index (χ2v) is 7.67. The third-order valence-corrected chi connectivity index (χ3v) is 4.65. The summed E-state index contributed by atoms with van der Waals surface area (Å²) >= 11 is 0. The summed E-state index contributed by atoms with van der Waals surface area (Å²) in [5.74, 6) is 0.655. The molecule has 5 nitrogen and oxygen atoms in total. The highest BCUT2D eigenvalue weighted by Gasteiger charge is 2.28. The van der Waals surface area contributed by atoms with Gasteiger partial charge in [0.2, 0.25) is 5.91 Å². The molecule has 0 spiro atoms. The SMILES string of the molecule is CC[C@@H](C(=O)NCC(C)C)N(Cc1ccccc1)C(=O)COc1ccc(C)cc1. The second-order valence-electron chi connectivity index (χ2n) is 7.67. The Bertz CT molecular complexity index is 772. The molecule has 0 unspecified atom stereocenters. The molecule has 5 heteroatoms. The molecule has 2 amide bonds. The number of amides is 2. The smallest absolute Gasteiger partial charge is 0.261 e. The molecule has 0 saturated carbocycles. The van der Waals surface area contributed by atoms with Crippen molar-refractivity contribution in [3.8, 4) is 5.75 Å². The topological polar surface area (TPSA) is 58.6 Å². The minimum absolute atomic E-state index is 0.107. The van der Waals surface area contributed by atoms with Crippen LogP contribution in [0.2, 0.25) is 0 Å². The first-order valence-electron chi connectivity index (χ1n) is 10.2. The van der Waals surface area contributed by atoms with Crippen molar-refractivity contribution in [2.45, 2.75) is 46.7 Å². The summed E-state index contributed by atoms with van der Waals surface area (Å²) in [6, 6.07) is 16.7. The van der Waals surface area contributed by atoms with Gasteiger partial charge in [-0.2, -0.15) is 0 Å². The van der Waals surface area contributed by atoms with Crippen molar-refractivity contribution >= 4 is 11.8 Å². The van der Waals surface area contributed by atoms with E-state index in [0.717, 1.165) is 11.1 Å². The maximum atomic E-state index is 13.1. The number of hydrogen-bond acceptors (Lipinski definition) is 3. The van der Waals surface area contributed by atoms with Crippen molar-refractivity contribution in [1.82, 2.24) is 10.2 Å². The third-order valence-electron chi connectivity index (χ3n) is 4.65. The molecule has 0 aliphatic rings. The first-order valence-corrected chi connectivity index (χ1v) is 10.2. The Morgan fingerprint density at radius 1 is 1.03 bits per heavy atom. The van der Waals surface area contributed by atoms with Crippen molar-refractivity contribution in [3.05, 3.63) is 65.7 Å². The van der Waals surface area contributed by atoms with E-state index in [-0.39, 0.29) is 18.4 Å². The monoisotopic (exact) mass is 396 g/mol. The predicted molar refractivity (Wildman–Crippen MR) is 116 cm³/mol. The van der Waals surface area contributed by atoms with Gasteiger partial charge >= 0.3 is 0 Å². The van der Waals surface area contributed by atoms with Crippen molar-refractivity contribution in [3.63, 3.8) is 0 Å². The number of carbonyl (C=O) groups excluding carboxylic acids is 2. The van der Waals surface area contributed by atoms with Gasteiger partial charge in [-0.05, 0) is 37.0 Å². The number of rotatable bonds is 10. The van der Waals surface area contributed by atoms with Gasteiger partial charge in [0.05, 0.1) is 0 Å². The fraction of sp³-hybridized carbons (Fsp3) is 0.417. The lowest BCUT2D eigenvalue weighted by Gasteiger charge is -2.30. The number of hydrogen-bond donors (Lipinski definition) is 1. The summed E-state index contributed by atoms with van der Waals surface area (Å²) in [5.41, 5.74) is 2.11. The highest BCUT2D eigenvalue weighted by atomic mass is 16.5. The quantitative estimate of drug-likeness (QED) is 0.661. The van der Waals surface area contributed by atoms with E-state index >= 15 is 0 Å². The summed E-state index contributed by atoms with van der Waals surface area (Å²) in [6.07, 6.45) is 0.535. The molecule has 2 rings (SSSR count). The van der Waals surface area contributed by atoms with Crippen LogP contribution in [0.1, 0.15) is 38.3 Å². The molecule has 0 bridgehead atoms. The molecule has 0 radical (unpaired) electrons. The molecule has 2 aromatic carbocycles. The molecule has 0 saturated heterocycles. The van der Waals surface area contributed by atoms with E-state index in [4.69, 9.17) is 4.74 Å². The van der Waals surface area contributed by atoms with Gasteiger partial charge in [0.25, 0.3) is 5.91 Å². The molecule has 1 N–H and O–H groups in total. The molecular formula is C24H32N2O3. The number of ether oxygens (including phenoxy) is 1. The summed E-state index contributed by atoms with van der Waals surface area (Å²) < 4.78 is 5.69. The fourth-order valence-corrected chi connectivity index (χ4v) is 2.98. The maximum Gasteiger partial charge on any atom is 0.261 e. The van der Waals surface area contributed by atoms with E-state index in [2.05, 4.69) is 5.32 Å². The predicted octanol–water partition coefficient (Wildman–Crippen LogP) is 3.95. The second kappa shape index (κ2) is 11.2. The largest absolute Gasteiger partial charge is 0.484 e. The van der Waals surface area contributed by atoms with Gasteiger partial charge < -0.3 is 15.0 Å². The number of nitrogens with one attached hydrogen (secondary N) is 1. The fourth-order valence-electron chi connectivity index (χ4n) is 2.98. The molecule has 0 aliphatic carbocycles. The van der Waals surface area contributed by atoms with E-state index in [1.807, 2.05) is 82.3 Å². The number of aryl methyl sites for hydroxylation is 1. The molecule has 156 valence electrons. The average Bonchev–Trinajstić information content (AvgIpc) is 2.72. The van der Waals surface area contributed by atoms with Crippen LogP contribution in [0.5, 0.6) is 5.75 Å². The van der Waals surface area contributed by atoms with Gasteiger partial charge in [-0.3, -0.25) is 9.59 Å². The van der Waals surface area contributed by atoms with Crippen molar-refractivity contribution in [2.75, 3.05) is 13.2 Å². The zero-order valence-electron chi connectivity index (χ0n) is 17.9. The van der Waals surface area contributed by atoms with Gasteiger partial charge in [0, 0.05) is 13.1 Å². The minimum atomic E-state index is -0.539. The summed E-state index contributed by atoms with van der Waals surface area (Å²) in [6.45, 7) is 8.86. The van der Waals surface area contributed by atoms with Crippen molar-refractivity contribution < 1.29 is 14.3 Å². The van der Waals surface area contributed by atoms with Crippen LogP contribution in [0.15, 0.2) is 54.6 Å². The maximum absolute atomic E-state index is 13.1. The molecule has 0 aliphatic heterocycles. The van der Waals surface area contributed by atoms with Crippen LogP contribution in [0, 0.1) is 12.8 Å². The van der Waals surface area contributed by atoms with Gasteiger partial charge in [0.1, 0.15) is 11.8 Å². The number of benzene rings is 2. The Hall–Kier alpha value is -2.82. The number of carbonyl (C=O) groups is 2. The van der Waals surface area contributed by atoms with Crippen LogP contribution in [0.25, 0.3) is 0 Å². The molecular weight excluding hydrogens is 364 g/mol. The van der Waals surface area contributed by atoms with Crippen LogP contribution in [0.4, 0.5) is 0 Å². The zero-order valence-corrected chi connectivity index (χ0v) is 17.9. The lowest BCUT2D eigenvalue weighted by molar-refractivity contribution is -0.143. The van der Waals surface area contributed by atoms with Crippen LogP contribution in [0.3, 0.4) is 0 Å². The summed E-state index contributed by atoms with van der Waals surface area (Å²) in [4.78, 5) is 27.5. The van der Waals surface area contributed by atoms with Gasteiger partial charge in [-0.25, -0.2) is 0 Å². The summed E-state index contributed by atoms with van der Waals surface area (Å²) in [7, 11) is 0. The lowest BCUT2D eigenvalue weighted by atomic mass is 10.1. The Kier molecular flexibility index (Phi) is 8.71. The average molecular weight is 397 g/mol. The first-order chi connectivity index (χ1) is 13.9. The summed E-state index contributed by atoms with van der Waals surface area (Å²) in [5, 5.41) is 2.96. The molecule has 2 aromatic rings. The van der Waals surface area contributed by atoms with Crippen LogP contribution >= 0.6 is 0 Å². The van der Waals surface area contributed by atoms with E-state index in [0.29, 0.717) is 31.2 Å². The molecule has 0 heterocycles. The first kappa shape index (κ1) is 22.5. The highest BCUT2D eigenvalue weighted by Crippen LogP contribution is 2.15. The van der Waals surface area contributed by atoms with E-state index in [9.17, 15) is 9.59 Å². The van der Waals surface area contributed by atoms with Crippen LogP contribution < -0.4 is 10.1 Å². The van der Waals surface area contributed by atoms with Crippen molar-refractivity contribution in [2.24, 2.45) is 5.92 Å². The normalized spacial score (nSPS) is 11.8. The van der Waals surface area contributed by atoms with E-state index < -0.39 is 6.04 Å². The Morgan fingerprint density at radius 2 is 1.69 bits per heavy atom. The Labute approximate surface area is 174 Å². The molecule has 29 heavy (non-hydrogen) atoms. The van der Waals surface area contributed by atoms with Gasteiger partial charge in [-0.15, -0.1) is 0 Å². The van der Waals surface area contributed by atoms with Gasteiger partial charge in [0.15, 0.2) is 6.61 Å². The van der Waals surface area contributed by atoms with E-state index in [1.165, 1.54) is 0 Å². The third kappa shape index (κ3) is 7.26. The molecule has 0 fully saturated rings. The highest BCUT2D eigenvalue weighted by molar-refractivity contribution is 5.88. The molecule has 1 atom stereocenters.